The molecule has 0 aromatic heterocycles. The second-order valence-electron chi connectivity index (χ2n) is 10.6. The zero-order valence-corrected chi connectivity index (χ0v) is 23.4. The molecule has 0 spiro atoms. The SMILES string of the molecule is CC1C[C@H](SCc2ccc(C3CCCCC3)cc2)C[N+]1(C(=O)O)C(=O)[C@H](C)CSC(=O)c1ccccc1. The van der Waals surface area contributed by atoms with Crippen LogP contribution < -0.4 is 0 Å². The van der Waals surface area contributed by atoms with E-state index in [1.54, 1.807) is 30.8 Å². The van der Waals surface area contributed by atoms with Gasteiger partial charge in [-0.3, -0.25) is 4.79 Å². The van der Waals surface area contributed by atoms with Crippen molar-refractivity contribution in [3.8, 4) is 0 Å². The van der Waals surface area contributed by atoms with Crippen LogP contribution in [0.3, 0.4) is 0 Å². The monoisotopic (exact) mass is 540 g/mol. The molecule has 2 aliphatic rings. The Labute approximate surface area is 229 Å². The minimum atomic E-state index is -1.08. The van der Waals surface area contributed by atoms with Gasteiger partial charge in [0.05, 0.1) is 11.2 Å². The Morgan fingerprint density at radius 1 is 1.00 bits per heavy atom. The number of quaternary nitrogens is 1. The zero-order chi connectivity index (χ0) is 26.4. The Balaban J connectivity index is 1.34. The van der Waals surface area contributed by atoms with Crippen molar-refractivity contribution in [1.29, 1.82) is 0 Å². The van der Waals surface area contributed by atoms with E-state index in [0.717, 1.165) is 17.5 Å². The summed E-state index contributed by atoms with van der Waals surface area (Å²) in [4.78, 5) is 38.5. The second kappa shape index (κ2) is 12.6. The summed E-state index contributed by atoms with van der Waals surface area (Å²) in [7, 11) is 0. The van der Waals surface area contributed by atoms with Crippen molar-refractivity contribution in [1.82, 2.24) is 0 Å². The highest BCUT2D eigenvalue weighted by molar-refractivity contribution is 8.14. The summed E-state index contributed by atoms with van der Waals surface area (Å²) in [6, 6.07) is 17.6. The van der Waals surface area contributed by atoms with Crippen molar-refractivity contribution in [3.63, 3.8) is 0 Å². The minimum Gasteiger partial charge on any atom is -0.435 e. The van der Waals surface area contributed by atoms with Crippen LogP contribution in [0, 0.1) is 5.92 Å². The highest BCUT2D eigenvalue weighted by atomic mass is 32.2. The predicted octanol–water partition coefficient (Wildman–Crippen LogP) is 7.36. The lowest BCUT2D eigenvalue weighted by molar-refractivity contribution is -0.793. The van der Waals surface area contributed by atoms with Crippen molar-refractivity contribution < 1.29 is 24.0 Å². The molecule has 0 bridgehead atoms. The molecule has 2 amide bonds. The van der Waals surface area contributed by atoms with E-state index in [4.69, 9.17) is 0 Å². The van der Waals surface area contributed by atoms with Gasteiger partial charge >= 0.3 is 12.0 Å². The van der Waals surface area contributed by atoms with Gasteiger partial charge in [-0.2, -0.15) is 9.28 Å². The van der Waals surface area contributed by atoms with Gasteiger partial charge in [-0.1, -0.05) is 85.6 Å². The molecule has 1 N–H and O–H groups in total. The first-order valence-corrected chi connectivity index (χ1v) is 15.4. The minimum absolute atomic E-state index is 0.0962. The van der Waals surface area contributed by atoms with Crippen LogP contribution in [0.15, 0.2) is 54.6 Å². The number of thioether (sulfide) groups is 2. The summed E-state index contributed by atoms with van der Waals surface area (Å²) >= 11 is 2.84. The summed E-state index contributed by atoms with van der Waals surface area (Å²) in [5.41, 5.74) is 3.27. The van der Waals surface area contributed by atoms with Gasteiger partial charge in [0, 0.05) is 23.5 Å². The van der Waals surface area contributed by atoms with Gasteiger partial charge in [-0.05, 0) is 43.7 Å². The molecule has 1 aliphatic carbocycles. The van der Waals surface area contributed by atoms with E-state index in [-0.39, 0.29) is 28.1 Å². The number of amides is 2. The molecule has 2 fully saturated rings. The van der Waals surface area contributed by atoms with Gasteiger partial charge < -0.3 is 5.11 Å². The van der Waals surface area contributed by atoms with Crippen LogP contribution in [0.4, 0.5) is 4.79 Å². The van der Waals surface area contributed by atoms with Crippen LogP contribution in [0.2, 0.25) is 0 Å². The first-order valence-electron chi connectivity index (χ1n) is 13.4. The smallest absolute Gasteiger partial charge is 0.435 e. The molecule has 2 aromatic carbocycles. The number of nitrogens with zero attached hydrogens (tertiary/aromatic N) is 1. The molecule has 2 unspecified atom stereocenters. The number of benzene rings is 2. The normalized spacial score (nSPS) is 25.0. The standard InChI is InChI=1S/C30H37NO4S2/c1-21(19-37-29(33)26-11-7-4-8-12-26)28(32)31(30(34)35)18-27(17-22(31)2)36-20-23-13-15-25(16-14-23)24-9-5-3-6-10-24/h4,7-8,11-16,21-22,24,27H,3,5-6,9-10,17-20H2,1-2H3/p+1/t21-,22?,27+,31?/m1/s1. The van der Waals surface area contributed by atoms with Crippen molar-refractivity contribution in [3.05, 3.63) is 71.3 Å². The third kappa shape index (κ3) is 6.50. The summed E-state index contributed by atoms with van der Waals surface area (Å²) in [5.74, 6) is 0.944. The Morgan fingerprint density at radius 3 is 2.32 bits per heavy atom. The molecule has 4 rings (SSSR count). The molecule has 5 nitrogen and oxygen atoms in total. The van der Waals surface area contributed by atoms with Crippen LogP contribution in [0.25, 0.3) is 0 Å². The molecule has 1 aliphatic heterocycles. The van der Waals surface area contributed by atoms with Crippen molar-refractivity contribution in [2.75, 3.05) is 12.3 Å². The number of rotatable bonds is 8. The Morgan fingerprint density at radius 2 is 1.68 bits per heavy atom. The molecule has 37 heavy (non-hydrogen) atoms. The summed E-state index contributed by atoms with van der Waals surface area (Å²) < 4.78 is -0.542. The molecular formula is C30H38NO4S2+. The van der Waals surface area contributed by atoms with E-state index in [1.165, 1.54) is 43.2 Å². The van der Waals surface area contributed by atoms with Crippen LogP contribution in [0.5, 0.6) is 0 Å². The second-order valence-corrected chi connectivity index (χ2v) is 12.9. The molecule has 198 valence electrons. The summed E-state index contributed by atoms with van der Waals surface area (Å²) in [6.07, 6.45) is 6.18. The van der Waals surface area contributed by atoms with E-state index in [0.29, 0.717) is 24.4 Å². The van der Waals surface area contributed by atoms with Gasteiger partial charge in [0.25, 0.3) is 0 Å². The van der Waals surface area contributed by atoms with Crippen LogP contribution in [0.1, 0.15) is 79.8 Å². The maximum atomic E-state index is 13.5. The first kappa shape index (κ1) is 27.9. The highest BCUT2D eigenvalue weighted by Crippen LogP contribution is 2.38. The molecule has 0 radical (unpaired) electrons. The van der Waals surface area contributed by atoms with Gasteiger partial charge in [0.15, 0.2) is 0 Å². The van der Waals surface area contributed by atoms with Crippen molar-refractivity contribution >= 4 is 40.6 Å². The van der Waals surface area contributed by atoms with E-state index < -0.39 is 16.5 Å². The fraction of sp³-hybridized carbons (Fsp3) is 0.500. The lowest BCUT2D eigenvalue weighted by atomic mass is 9.84. The maximum Gasteiger partial charge on any atom is 0.521 e. The first-order chi connectivity index (χ1) is 17.8. The maximum absolute atomic E-state index is 13.5. The third-order valence-electron chi connectivity index (χ3n) is 8.02. The molecule has 1 saturated carbocycles. The number of carbonyl (C=O) groups is 3. The van der Waals surface area contributed by atoms with Crippen LogP contribution in [-0.4, -0.2) is 50.3 Å². The number of likely N-dealkylation sites (tertiary alicyclic amines) is 1. The Bertz CT molecular complexity index is 1080. The fourth-order valence-electron chi connectivity index (χ4n) is 5.78. The average molecular weight is 541 g/mol. The molecule has 1 saturated heterocycles. The van der Waals surface area contributed by atoms with Gasteiger partial charge in [-0.25, -0.2) is 4.79 Å². The van der Waals surface area contributed by atoms with E-state index in [2.05, 4.69) is 24.3 Å². The topological polar surface area (TPSA) is 71.4 Å². The van der Waals surface area contributed by atoms with Gasteiger partial charge in [-0.15, -0.1) is 11.8 Å². The number of carboxylic acid groups (broad SMARTS) is 1. The molecule has 7 heteroatoms. The largest absolute Gasteiger partial charge is 0.521 e. The summed E-state index contributed by atoms with van der Waals surface area (Å²) in [5, 5.41) is 10.2. The molecule has 4 atom stereocenters. The number of hydrogen-bond donors (Lipinski definition) is 1. The lowest BCUT2D eigenvalue weighted by Gasteiger charge is -2.31. The van der Waals surface area contributed by atoms with E-state index in [9.17, 15) is 19.5 Å². The highest BCUT2D eigenvalue weighted by Gasteiger charge is 2.57. The predicted molar refractivity (Wildman–Crippen MR) is 152 cm³/mol. The molecule has 1 heterocycles. The fourth-order valence-corrected chi connectivity index (χ4v) is 8.01. The number of imide groups is 1. The lowest BCUT2D eigenvalue weighted by Crippen LogP contribution is -2.61. The van der Waals surface area contributed by atoms with Gasteiger partial charge in [0.1, 0.15) is 12.6 Å². The number of carbonyl (C=O) groups excluding carboxylic acids is 2. The number of hydrogen-bond acceptors (Lipinski definition) is 5. The molecule has 2 aromatic rings. The zero-order valence-electron chi connectivity index (χ0n) is 21.8. The van der Waals surface area contributed by atoms with Crippen LogP contribution >= 0.6 is 23.5 Å². The van der Waals surface area contributed by atoms with Gasteiger partial charge in [0.2, 0.25) is 5.12 Å². The van der Waals surface area contributed by atoms with Crippen molar-refractivity contribution in [2.45, 2.75) is 75.3 Å². The third-order valence-corrected chi connectivity index (χ3v) is 10.5. The Kier molecular flexibility index (Phi) is 9.54. The average Bonchev–Trinajstić information content (AvgIpc) is 3.28. The summed E-state index contributed by atoms with van der Waals surface area (Å²) in [6.45, 7) is 3.92. The van der Waals surface area contributed by atoms with E-state index in [1.807, 2.05) is 25.1 Å². The molecular weight excluding hydrogens is 502 g/mol. The quantitative estimate of drug-likeness (QED) is 0.353. The Hall–Kier alpha value is -2.09. The van der Waals surface area contributed by atoms with Crippen LogP contribution in [-0.2, 0) is 10.5 Å². The van der Waals surface area contributed by atoms with Crippen molar-refractivity contribution in [2.24, 2.45) is 5.92 Å². The van der Waals surface area contributed by atoms with E-state index >= 15 is 0 Å².